The maximum atomic E-state index is 12.3. The molecule has 1 saturated carbocycles. The van der Waals surface area contributed by atoms with E-state index in [0.717, 1.165) is 5.56 Å². The highest BCUT2D eigenvalue weighted by molar-refractivity contribution is 6.31. The predicted octanol–water partition coefficient (Wildman–Crippen LogP) is 2.81. The van der Waals surface area contributed by atoms with Crippen molar-refractivity contribution < 1.29 is 14.4 Å². The van der Waals surface area contributed by atoms with Gasteiger partial charge in [0.05, 0.1) is 26.1 Å². The second-order valence-electron chi connectivity index (χ2n) is 7.10. The van der Waals surface area contributed by atoms with Gasteiger partial charge in [0.1, 0.15) is 5.60 Å². The fourth-order valence-electron chi connectivity index (χ4n) is 3.19. The van der Waals surface area contributed by atoms with E-state index >= 15 is 0 Å². The van der Waals surface area contributed by atoms with Crippen molar-refractivity contribution in [3.8, 4) is 0 Å². The van der Waals surface area contributed by atoms with Gasteiger partial charge in [-0.15, -0.1) is 0 Å². The summed E-state index contributed by atoms with van der Waals surface area (Å²) in [6.45, 7) is 3.47. The van der Waals surface area contributed by atoms with Crippen LogP contribution < -0.4 is 5.32 Å². The van der Waals surface area contributed by atoms with Crippen LogP contribution >= 0.6 is 11.6 Å². The third-order valence-electron chi connectivity index (χ3n) is 4.84. The zero-order valence-corrected chi connectivity index (χ0v) is 14.3. The van der Waals surface area contributed by atoms with Gasteiger partial charge in [0.2, 0.25) is 5.91 Å². The van der Waals surface area contributed by atoms with Gasteiger partial charge in [-0.3, -0.25) is 9.63 Å². The van der Waals surface area contributed by atoms with Gasteiger partial charge in [0.25, 0.3) is 0 Å². The standard InChI is InChI=1S/C17H20ClN3O3/c1-11-2-5-13(6-14(11)18)19-16(23)20-9-17(10-20)7-15(22)21(24-17)8-12-3-4-12/h2,5-6,12H,3-4,7-10H2,1H3,(H,19,23). The lowest BCUT2D eigenvalue weighted by Crippen LogP contribution is -2.64. The van der Waals surface area contributed by atoms with Crippen molar-refractivity contribution >= 4 is 29.2 Å². The van der Waals surface area contributed by atoms with Crippen LogP contribution in [0.2, 0.25) is 5.02 Å². The first-order valence-electron chi connectivity index (χ1n) is 8.26. The first kappa shape index (κ1) is 15.7. The van der Waals surface area contributed by atoms with Crippen LogP contribution in [0.25, 0.3) is 0 Å². The number of carbonyl (C=O) groups excluding carboxylic acids is 2. The highest BCUT2D eigenvalue weighted by Crippen LogP contribution is 2.39. The van der Waals surface area contributed by atoms with Crippen molar-refractivity contribution in [1.29, 1.82) is 0 Å². The van der Waals surface area contributed by atoms with Crippen LogP contribution in [0.5, 0.6) is 0 Å². The van der Waals surface area contributed by atoms with Gasteiger partial charge in [-0.1, -0.05) is 17.7 Å². The first-order chi connectivity index (χ1) is 11.4. The molecule has 6 nitrogen and oxygen atoms in total. The summed E-state index contributed by atoms with van der Waals surface area (Å²) in [6.07, 6.45) is 2.71. The van der Waals surface area contributed by atoms with Crippen LogP contribution in [0.1, 0.15) is 24.8 Å². The quantitative estimate of drug-likeness (QED) is 0.912. The molecule has 2 aliphatic heterocycles. The number of hydroxylamine groups is 2. The molecule has 7 heteroatoms. The number of rotatable bonds is 3. The van der Waals surface area contributed by atoms with E-state index in [-0.39, 0.29) is 11.9 Å². The number of carbonyl (C=O) groups is 2. The van der Waals surface area contributed by atoms with Gasteiger partial charge in [-0.05, 0) is 43.4 Å². The maximum Gasteiger partial charge on any atom is 0.322 e. The molecule has 1 aromatic rings. The monoisotopic (exact) mass is 349 g/mol. The summed E-state index contributed by atoms with van der Waals surface area (Å²) in [5.41, 5.74) is 1.11. The molecule has 3 aliphatic rings. The Morgan fingerprint density at radius 2 is 2.17 bits per heavy atom. The van der Waals surface area contributed by atoms with Crippen LogP contribution in [-0.2, 0) is 9.63 Å². The van der Waals surface area contributed by atoms with Gasteiger partial charge < -0.3 is 10.2 Å². The minimum absolute atomic E-state index is 0.0345. The van der Waals surface area contributed by atoms with Crippen molar-refractivity contribution in [3.05, 3.63) is 28.8 Å². The Kier molecular flexibility index (Phi) is 3.69. The number of likely N-dealkylation sites (tertiary alicyclic amines) is 1. The number of aryl methyl sites for hydroxylation is 1. The predicted molar refractivity (Wildman–Crippen MR) is 89.7 cm³/mol. The summed E-state index contributed by atoms with van der Waals surface area (Å²) in [7, 11) is 0. The topological polar surface area (TPSA) is 61.9 Å². The molecule has 0 atom stereocenters. The maximum absolute atomic E-state index is 12.3. The van der Waals surface area contributed by atoms with Gasteiger partial charge in [0.15, 0.2) is 0 Å². The molecule has 3 fully saturated rings. The molecule has 2 saturated heterocycles. The fourth-order valence-corrected chi connectivity index (χ4v) is 3.37. The van der Waals surface area contributed by atoms with E-state index in [1.165, 1.54) is 17.9 Å². The third kappa shape index (κ3) is 2.96. The number of urea groups is 1. The molecule has 24 heavy (non-hydrogen) atoms. The highest BCUT2D eigenvalue weighted by atomic mass is 35.5. The van der Waals surface area contributed by atoms with Gasteiger partial charge >= 0.3 is 6.03 Å². The molecular formula is C17H20ClN3O3. The van der Waals surface area contributed by atoms with Crippen LogP contribution in [-0.4, -0.2) is 47.1 Å². The summed E-state index contributed by atoms with van der Waals surface area (Å²) >= 11 is 6.07. The molecule has 0 aromatic heterocycles. The third-order valence-corrected chi connectivity index (χ3v) is 5.25. The lowest BCUT2D eigenvalue weighted by Gasteiger charge is -2.45. The Labute approximate surface area is 145 Å². The molecule has 0 bridgehead atoms. The Bertz CT molecular complexity index is 698. The molecule has 3 amide bonds. The molecule has 1 aliphatic carbocycles. The average molecular weight is 350 g/mol. The average Bonchev–Trinajstić information content (AvgIpc) is 3.24. The summed E-state index contributed by atoms with van der Waals surface area (Å²) in [6, 6.07) is 5.22. The molecule has 0 unspecified atom stereocenters. The number of hydrogen-bond donors (Lipinski definition) is 1. The van der Waals surface area contributed by atoms with Crippen molar-refractivity contribution in [2.45, 2.75) is 31.8 Å². The lowest BCUT2D eigenvalue weighted by atomic mass is 9.91. The van der Waals surface area contributed by atoms with Crippen molar-refractivity contribution in [2.24, 2.45) is 5.92 Å². The van der Waals surface area contributed by atoms with E-state index < -0.39 is 5.60 Å². The van der Waals surface area contributed by atoms with Crippen LogP contribution in [0, 0.1) is 12.8 Å². The van der Waals surface area contributed by atoms with E-state index in [1.807, 2.05) is 19.1 Å². The SMILES string of the molecule is Cc1ccc(NC(=O)N2CC3(CC(=O)N(CC4CC4)O3)C2)cc1Cl. The molecule has 0 radical (unpaired) electrons. The number of halogens is 1. The Balaban J connectivity index is 1.32. The minimum Gasteiger partial charge on any atom is -0.318 e. The molecule has 1 N–H and O–H groups in total. The highest BCUT2D eigenvalue weighted by Gasteiger charge is 2.55. The van der Waals surface area contributed by atoms with Crippen LogP contribution in [0.15, 0.2) is 18.2 Å². The molecule has 4 rings (SSSR count). The van der Waals surface area contributed by atoms with Crippen molar-refractivity contribution in [2.75, 3.05) is 25.0 Å². The second kappa shape index (κ2) is 5.63. The summed E-state index contributed by atoms with van der Waals surface area (Å²) in [5.74, 6) is 0.627. The Morgan fingerprint density at radius 3 is 2.83 bits per heavy atom. The summed E-state index contributed by atoms with van der Waals surface area (Å²) in [5, 5.41) is 4.96. The first-order valence-corrected chi connectivity index (χ1v) is 8.63. The molecular weight excluding hydrogens is 330 g/mol. The van der Waals surface area contributed by atoms with E-state index in [9.17, 15) is 9.59 Å². The van der Waals surface area contributed by atoms with E-state index in [4.69, 9.17) is 16.4 Å². The normalized spacial score (nSPS) is 22.0. The zero-order valence-electron chi connectivity index (χ0n) is 13.5. The van der Waals surface area contributed by atoms with Crippen molar-refractivity contribution in [3.63, 3.8) is 0 Å². The number of hydrogen-bond acceptors (Lipinski definition) is 3. The van der Waals surface area contributed by atoms with Gasteiger partial charge in [-0.2, -0.15) is 0 Å². The Hall–Kier alpha value is -1.79. The van der Waals surface area contributed by atoms with Crippen LogP contribution in [0.3, 0.4) is 0 Å². The molecule has 1 aromatic carbocycles. The van der Waals surface area contributed by atoms with Crippen molar-refractivity contribution in [1.82, 2.24) is 9.96 Å². The Morgan fingerprint density at radius 1 is 1.42 bits per heavy atom. The largest absolute Gasteiger partial charge is 0.322 e. The fraction of sp³-hybridized carbons (Fsp3) is 0.529. The minimum atomic E-state index is -0.520. The summed E-state index contributed by atoms with van der Waals surface area (Å²) in [4.78, 5) is 31.9. The van der Waals surface area contributed by atoms with Gasteiger partial charge in [0, 0.05) is 10.7 Å². The molecule has 2 heterocycles. The number of nitrogens with one attached hydrogen (secondary N) is 1. The van der Waals surface area contributed by atoms with E-state index in [2.05, 4.69) is 5.32 Å². The zero-order chi connectivity index (χ0) is 16.9. The summed E-state index contributed by atoms with van der Waals surface area (Å²) < 4.78 is 0. The smallest absolute Gasteiger partial charge is 0.318 e. The molecule has 1 spiro atoms. The lowest BCUT2D eigenvalue weighted by molar-refractivity contribution is -0.229. The van der Waals surface area contributed by atoms with E-state index in [1.54, 1.807) is 11.0 Å². The van der Waals surface area contributed by atoms with Crippen LogP contribution in [0.4, 0.5) is 10.5 Å². The van der Waals surface area contributed by atoms with E-state index in [0.29, 0.717) is 42.7 Å². The second-order valence-corrected chi connectivity index (χ2v) is 7.51. The number of anilines is 1. The number of nitrogens with zero attached hydrogens (tertiary/aromatic N) is 2. The molecule has 128 valence electrons. The van der Waals surface area contributed by atoms with Gasteiger partial charge in [-0.25, -0.2) is 9.86 Å². The number of amides is 3. The number of benzene rings is 1.